The van der Waals surface area contributed by atoms with Crippen LogP contribution in [0.1, 0.15) is 79.0 Å². The van der Waals surface area contributed by atoms with Gasteiger partial charge < -0.3 is 39.3 Å². The highest BCUT2D eigenvalue weighted by atomic mass is 28.4. The van der Waals surface area contributed by atoms with Crippen LogP contribution in [-0.2, 0) is 41.3 Å². The minimum absolute atomic E-state index is 0.0374. The maximum Gasteiger partial charge on any atom is 0.408 e. The third kappa shape index (κ3) is 11.3. The maximum atomic E-state index is 13.8. The molecule has 1 aliphatic rings. The molecule has 0 radical (unpaired) electrons. The number of fused-ring (bicyclic) bond motifs is 1. The molecule has 0 aliphatic carbocycles. The minimum Gasteiger partial charge on any atom is -0.496 e. The average Bonchev–Trinajstić information content (AvgIpc) is 3.46. The van der Waals surface area contributed by atoms with Crippen LogP contribution < -0.4 is 20.7 Å². The van der Waals surface area contributed by atoms with Crippen molar-refractivity contribution < 1.29 is 42.6 Å². The van der Waals surface area contributed by atoms with Gasteiger partial charge in [-0.05, 0) is 66.7 Å². The van der Waals surface area contributed by atoms with Gasteiger partial charge in [-0.15, -0.1) is 0 Å². The number of benzene rings is 3. The van der Waals surface area contributed by atoms with Crippen molar-refractivity contribution in [1.82, 2.24) is 10.6 Å². The molecule has 3 N–H and O–H groups in total. The number of hydrogen-bond donors (Lipinski definition) is 3. The number of carbonyl (C=O) groups excluding carboxylic acids is 4. The van der Waals surface area contributed by atoms with Gasteiger partial charge in [-0.2, -0.15) is 0 Å². The Morgan fingerprint density at radius 3 is 2.04 bits per heavy atom. The Balaban J connectivity index is 1.68. The molecule has 3 aromatic rings. The summed E-state index contributed by atoms with van der Waals surface area (Å²) in [5.74, 6) is -0.452. The van der Waals surface area contributed by atoms with E-state index in [-0.39, 0.29) is 25.5 Å². The summed E-state index contributed by atoms with van der Waals surface area (Å²) in [6.07, 6.45) is 0.452. The quantitative estimate of drug-likeness (QED) is 0.0559. The van der Waals surface area contributed by atoms with Gasteiger partial charge in [0.1, 0.15) is 24.0 Å². The van der Waals surface area contributed by atoms with Gasteiger partial charge in [0.05, 0.1) is 32.6 Å². The molecule has 0 fully saturated rings. The lowest BCUT2D eigenvalue weighted by Crippen LogP contribution is -2.51. The van der Waals surface area contributed by atoms with E-state index in [1.54, 1.807) is 46.1 Å². The fourth-order valence-electron chi connectivity index (χ4n) is 7.70. The van der Waals surface area contributed by atoms with Gasteiger partial charge in [0.15, 0.2) is 8.32 Å². The molecule has 12 nitrogen and oxygen atoms in total. The van der Waals surface area contributed by atoms with Crippen LogP contribution in [0.15, 0.2) is 72.8 Å². The minimum atomic E-state index is -2.35. The van der Waals surface area contributed by atoms with Gasteiger partial charge in [-0.3, -0.25) is 4.79 Å². The number of hydrogen-bond acceptors (Lipinski definition) is 9. The normalized spacial score (nSPS) is 14.6. The third-order valence-electron chi connectivity index (χ3n) is 10.1. The van der Waals surface area contributed by atoms with E-state index in [0.717, 1.165) is 5.56 Å². The van der Waals surface area contributed by atoms with Gasteiger partial charge in [0, 0.05) is 28.7 Å². The van der Waals surface area contributed by atoms with Crippen LogP contribution in [0.5, 0.6) is 5.75 Å². The maximum absolute atomic E-state index is 13.8. The summed E-state index contributed by atoms with van der Waals surface area (Å²) >= 11 is 0. The Hall–Kier alpha value is -5.14. The van der Waals surface area contributed by atoms with Crippen molar-refractivity contribution in [3.63, 3.8) is 0 Å². The van der Waals surface area contributed by atoms with Crippen molar-refractivity contribution in [2.75, 3.05) is 26.1 Å². The lowest BCUT2D eigenvalue weighted by molar-refractivity contribution is -0.143. The monoisotopic (exact) mass is 801 g/mol. The molecule has 13 heteroatoms. The number of anilines is 1. The van der Waals surface area contributed by atoms with E-state index in [4.69, 9.17) is 23.4 Å². The molecule has 0 spiro atoms. The Labute approximate surface area is 338 Å². The van der Waals surface area contributed by atoms with Gasteiger partial charge in [-0.1, -0.05) is 96.1 Å². The molecule has 0 bridgehead atoms. The van der Waals surface area contributed by atoms with E-state index >= 15 is 0 Å². The number of carbonyl (C=O) groups is 4. The smallest absolute Gasteiger partial charge is 0.408 e. The Kier molecular flexibility index (Phi) is 15.1. The predicted molar refractivity (Wildman–Crippen MR) is 224 cm³/mol. The number of ether oxygens (including phenoxy) is 4. The summed E-state index contributed by atoms with van der Waals surface area (Å²) in [6, 6.07) is 18.5. The predicted octanol–water partition coefficient (Wildman–Crippen LogP) is 8.79. The Morgan fingerprint density at radius 1 is 0.789 bits per heavy atom. The average molecular weight is 802 g/mol. The van der Waals surface area contributed by atoms with E-state index in [2.05, 4.69) is 57.5 Å². The molecular weight excluding hydrogens is 743 g/mol. The second-order valence-corrected chi connectivity index (χ2v) is 21.6. The SMILES string of the molecule is COC(=O)[C@H](Cc1ccc(OC)c(-c2cccc3c2NC(=O)/C3=C/[C@@H](CO[Si](C(C)C)(C(C)C)C(C)C)NC(=O)OC(C)(C)C)c1)NC(=O)OCc1ccccc1. The number of methoxy groups -OCH3 is 2. The second-order valence-electron chi connectivity index (χ2n) is 16.2. The van der Waals surface area contributed by atoms with E-state index in [1.807, 2.05) is 54.6 Å². The zero-order chi connectivity index (χ0) is 42.1. The first kappa shape index (κ1) is 44.6. The summed E-state index contributed by atoms with van der Waals surface area (Å²) < 4.78 is 28.7. The van der Waals surface area contributed by atoms with Crippen LogP contribution in [0.3, 0.4) is 0 Å². The number of rotatable bonds is 16. The van der Waals surface area contributed by atoms with Crippen LogP contribution in [-0.4, -0.2) is 70.9 Å². The van der Waals surface area contributed by atoms with Crippen molar-refractivity contribution in [2.45, 2.75) is 110 Å². The highest BCUT2D eigenvalue weighted by molar-refractivity contribution is 6.77. The molecule has 0 saturated carbocycles. The van der Waals surface area contributed by atoms with Crippen molar-refractivity contribution in [1.29, 1.82) is 0 Å². The highest BCUT2D eigenvalue weighted by Gasteiger charge is 2.45. The molecule has 0 unspecified atom stereocenters. The number of amides is 3. The third-order valence-corrected chi connectivity index (χ3v) is 16.2. The van der Waals surface area contributed by atoms with Crippen molar-refractivity contribution >= 4 is 43.6 Å². The second kappa shape index (κ2) is 19.3. The molecule has 1 aliphatic heterocycles. The van der Waals surface area contributed by atoms with Crippen molar-refractivity contribution in [2.24, 2.45) is 0 Å². The summed E-state index contributed by atoms with van der Waals surface area (Å²) in [5, 5.41) is 8.63. The molecule has 3 aromatic carbocycles. The van der Waals surface area contributed by atoms with Crippen LogP contribution in [0.4, 0.5) is 15.3 Å². The van der Waals surface area contributed by atoms with Crippen molar-refractivity contribution in [3.8, 4) is 16.9 Å². The number of esters is 1. The first-order chi connectivity index (χ1) is 26.9. The molecule has 4 rings (SSSR count). The van der Waals surface area contributed by atoms with Crippen LogP contribution in [0, 0.1) is 0 Å². The number of alkyl carbamates (subject to hydrolysis) is 2. The largest absolute Gasteiger partial charge is 0.496 e. The van der Waals surface area contributed by atoms with Gasteiger partial charge in [-0.25, -0.2) is 14.4 Å². The fraction of sp³-hybridized carbons (Fsp3) is 0.455. The van der Waals surface area contributed by atoms with E-state index in [1.165, 1.54) is 7.11 Å². The van der Waals surface area contributed by atoms with E-state index in [0.29, 0.717) is 55.9 Å². The first-order valence-corrected chi connectivity index (χ1v) is 21.6. The standard InChI is InChI=1S/C44H59N3O9Si/c1-27(2)57(28(3)4,29(5)6)55-26-32(45-43(51)56-44(7,8)9)24-36-34-19-15-18-33(39(34)47-40(36)48)35-22-31(20-21-38(35)52-10)23-37(41(49)53-11)46-42(50)54-25-30-16-13-12-14-17-30/h12-22,24,27-29,32,37H,23,25-26H2,1-11H3,(H,45,51)(H,46,50)(H,47,48)/b36-24+/t32-,37-/m0/s1. The first-order valence-electron chi connectivity index (χ1n) is 19.4. The summed E-state index contributed by atoms with van der Waals surface area (Å²) in [5.41, 5.74) is 4.58. The number of para-hydroxylation sites is 1. The van der Waals surface area contributed by atoms with Gasteiger partial charge in [0.25, 0.3) is 5.91 Å². The van der Waals surface area contributed by atoms with Gasteiger partial charge in [0.2, 0.25) is 0 Å². The fourth-order valence-corrected chi connectivity index (χ4v) is 13.2. The lowest BCUT2D eigenvalue weighted by atomic mass is 9.94. The Bertz CT molecular complexity index is 1900. The van der Waals surface area contributed by atoms with Crippen LogP contribution >= 0.6 is 0 Å². The van der Waals surface area contributed by atoms with Crippen molar-refractivity contribution in [3.05, 3.63) is 89.5 Å². The van der Waals surface area contributed by atoms with Gasteiger partial charge >= 0.3 is 18.2 Å². The van der Waals surface area contributed by atoms with Crippen LogP contribution in [0.2, 0.25) is 16.6 Å². The van der Waals surface area contributed by atoms with E-state index in [9.17, 15) is 19.2 Å². The highest BCUT2D eigenvalue weighted by Crippen LogP contribution is 2.44. The summed E-state index contributed by atoms with van der Waals surface area (Å²) in [7, 11) is 0.458. The molecule has 2 atom stereocenters. The molecule has 308 valence electrons. The number of nitrogens with one attached hydrogen (secondary N) is 3. The molecule has 1 heterocycles. The zero-order valence-electron chi connectivity index (χ0n) is 35.1. The van der Waals surface area contributed by atoms with Crippen LogP contribution in [0.25, 0.3) is 16.7 Å². The molecular formula is C44H59N3O9Si. The summed E-state index contributed by atoms with van der Waals surface area (Å²) in [4.78, 5) is 52.6. The lowest BCUT2D eigenvalue weighted by Gasteiger charge is -2.42. The zero-order valence-corrected chi connectivity index (χ0v) is 36.1. The topological polar surface area (TPSA) is 151 Å². The molecule has 57 heavy (non-hydrogen) atoms. The molecule has 0 aromatic heterocycles. The Morgan fingerprint density at radius 2 is 1.44 bits per heavy atom. The molecule has 3 amide bonds. The molecule has 0 saturated heterocycles. The summed E-state index contributed by atoms with van der Waals surface area (Å²) in [6.45, 7) is 18.8. The van der Waals surface area contributed by atoms with E-state index < -0.39 is 44.2 Å².